The molecule has 1 aromatic carbocycles. The van der Waals surface area contributed by atoms with Crippen LogP contribution in [0.15, 0.2) is 24.3 Å². The summed E-state index contributed by atoms with van der Waals surface area (Å²) in [5.41, 5.74) is 2.15. The smallest absolute Gasteiger partial charge is 0.221 e. The Hall–Kier alpha value is -1.31. The lowest BCUT2D eigenvalue weighted by atomic mass is 10.1. The first-order chi connectivity index (χ1) is 6.72. The molecule has 0 saturated carbocycles. The lowest BCUT2D eigenvalue weighted by molar-refractivity contribution is -0.114. The zero-order chi connectivity index (χ0) is 10.4. The van der Waals surface area contributed by atoms with Crippen molar-refractivity contribution >= 4 is 11.6 Å². The first kappa shape index (κ1) is 10.8. The third kappa shape index (κ3) is 3.60. The van der Waals surface area contributed by atoms with E-state index in [1.807, 2.05) is 24.3 Å². The Morgan fingerprint density at radius 2 is 2.00 bits per heavy atom. The molecule has 0 aliphatic carbocycles. The normalized spacial score (nSPS) is 9.86. The molecule has 0 aliphatic rings. The maximum Gasteiger partial charge on any atom is 0.221 e. The predicted octanol–water partition coefficient (Wildman–Crippen LogP) is 2.80. The fourth-order valence-electron chi connectivity index (χ4n) is 1.29. The number of carbonyl (C=O) groups excluding carboxylic acids is 1. The average molecular weight is 190 g/mol. The number of aryl methyl sites for hydroxylation is 1. The van der Waals surface area contributed by atoms with E-state index in [0.29, 0.717) is 0 Å². The Bertz CT molecular complexity index is 290. The molecule has 1 N–H and O–H groups in total. The largest absolute Gasteiger partial charge is 0.326 e. The number of anilines is 1. The van der Waals surface area contributed by atoms with Crippen molar-refractivity contribution in [1.29, 1.82) is 0 Å². The first-order valence-electron chi connectivity index (χ1n) is 4.88. The van der Waals surface area contributed by atoms with Crippen molar-refractivity contribution in [3.05, 3.63) is 36.8 Å². The second-order valence-electron chi connectivity index (χ2n) is 3.34. The highest BCUT2D eigenvalue weighted by Gasteiger charge is 1.95. The molecule has 14 heavy (non-hydrogen) atoms. The molecule has 0 spiro atoms. The van der Waals surface area contributed by atoms with Gasteiger partial charge in [0.25, 0.3) is 0 Å². The van der Waals surface area contributed by atoms with Gasteiger partial charge >= 0.3 is 0 Å². The molecule has 0 saturated heterocycles. The molecule has 0 aliphatic heterocycles. The number of benzene rings is 1. The lowest BCUT2D eigenvalue weighted by Crippen LogP contribution is -2.05. The standard InChI is InChI=1S/C12H16NO/c1-3-4-5-11-6-8-12(9-7-11)13-10(2)14/h6-9H,1,3-5H2,2H3,(H,13,14). The number of unbranched alkanes of at least 4 members (excludes halogenated alkanes) is 1. The second-order valence-corrected chi connectivity index (χ2v) is 3.34. The van der Waals surface area contributed by atoms with Gasteiger partial charge in [0.1, 0.15) is 0 Å². The summed E-state index contributed by atoms with van der Waals surface area (Å²) in [6.07, 6.45) is 3.14. The third-order valence-corrected chi connectivity index (χ3v) is 1.99. The molecule has 2 nitrogen and oxygen atoms in total. The Kier molecular flexibility index (Phi) is 4.17. The highest BCUT2D eigenvalue weighted by Crippen LogP contribution is 2.11. The van der Waals surface area contributed by atoms with Crippen molar-refractivity contribution in [2.24, 2.45) is 0 Å². The van der Waals surface area contributed by atoms with Crippen LogP contribution in [0.5, 0.6) is 0 Å². The summed E-state index contributed by atoms with van der Waals surface area (Å²) in [4.78, 5) is 10.8. The molecule has 1 rings (SSSR count). The lowest BCUT2D eigenvalue weighted by Gasteiger charge is -2.03. The number of rotatable bonds is 4. The van der Waals surface area contributed by atoms with E-state index in [1.54, 1.807) is 0 Å². The van der Waals surface area contributed by atoms with E-state index in [9.17, 15) is 4.79 Å². The van der Waals surface area contributed by atoms with Gasteiger partial charge in [0.15, 0.2) is 0 Å². The summed E-state index contributed by atoms with van der Waals surface area (Å²) in [6, 6.07) is 7.95. The molecule has 0 atom stereocenters. The van der Waals surface area contributed by atoms with E-state index in [-0.39, 0.29) is 5.91 Å². The minimum absolute atomic E-state index is 0.0319. The van der Waals surface area contributed by atoms with Crippen molar-refractivity contribution in [3.8, 4) is 0 Å². The number of nitrogens with one attached hydrogen (secondary N) is 1. The number of hydrogen-bond acceptors (Lipinski definition) is 1. The molecule has 0 heterocycles. The second kappa shape index (κ2) is 5.43. The van der Waals surface area contributed by atoms with Crippen molar-refractivity contribution < 1.29 is 4.79 Å². The Balaban J connectivity index is 2.54. The zero-order valence-corrected chi connectivity index (χ0v) is 8.55. The van der Waals surface area contributed by atoms with Crippen molar-refractivity contribution in [1.82, 2.24) is 0 Å². The average Bonchev–Trinajstić information content (AvgIpc) is 2.16. The fourth-order valence-corrected chi connectivity index (χ4v) is 1.29. The molecule has 75 valence electrons. The van der Waals surface area contributed by atoms with Crippen LogP contribution in [0, 0.1) is 6.92 Å². The Morgan fingerprint density at radius 3 is 2.50 bits per heavy atom. The fraction of sp³-hybridized carbons (Fsp3) is 0.333. The molecule has 2 heteroatoms. The van der Waals surface area contributed by atoms with E-state index in [1.165, 1.54) is 12.5 Å². The van der Waals surface area contributed by atoms with E-state index in [4.69, 9.17) is 0 Å². The number of amides is 1. The Labute approximate surface area is 85.3 Å². The summed E-state index contributed by atoms with van der Waals surface area (Å²) in [5.74, 6) is -0.0319. The van der Waals surface area contributed by atoms with Crippen LogP contribution < -0.4 is 5.32 Å². The van der Waals surface area contributed by atoms with Gasteiger partial charge in [-0.2, -0.15) is 0 Å². The van der Waals surface area contributed by atoms with Crippen LogP contribution in [0.2, 0.25) is 0 Å². The zero-order valence-electron chi connectivity index (χ0n) is 8.55. The molecule has 1 radical (unpaired) electrons. The van der Waals surface area contributed by atoms with Crippen LogP contribution in [0.1, 0.15) is 25.3 Å². The van der Waals surface area contributed by atoms with Gasteiger partial charge in [0.05, 0.1) is 0 Å². The molecule has 1 aromatic rings. The van der Waals surface area contributed by atoms with E-state index in [2.05, 4.69) is 12.2 Å². The van der Waals surface area contributed by atoms with Crippen LogP contribution in [-0.4, -0.2) is 5.91 Å². The van der Waals surface area contributed by atoms with Crippen molar-refractivity contribution in [2.45, 2.75) is 26.2 Å². The van der Waals surface area contributed by atoms with Gasteiger partial charge in [-0.15, -0.1) is 0 Å². The van der Waals surface area contributed by atoms with Gasteiger partial charge in [-0.3, -0.25) is 4.79 Å². The molecular formula is C12H16NO. The topological polar surface area (TPSA) is 29.1 Å². The van der Waals surface area contributed by atoms with Gasteiger partial charge in [-0.05, 0) is 30.5 Å². The number of hydrogen-bond donors (Lipinski definition) is 1. The van der Waals surface area contributed by atoms with Gasteiger partial charge in [0, 0.05) is 12.6 Å². The van der Waals surface area contributed by atoms with Crippen molar-refractivity contribution in [3.63, 3.8) is 0 Å². The maximum absolute atomic E-state index is 10.8. The minimum Gasteiger partial charge on any atom is -0.326 e. The van der Waals surface area contributed by atoms with Gasteiger partial charge in [-0.1, -0.05) is 25.5 Å². The summed E-state index contributed by atoms with van der Waals surface area (Å²) in [6.45, 7) is 5.31. The van der Waals surface area contributed by atoms with Crippen LogP contribution in [0.3, 0.4) is 0 Å². The number of carbonyl (C=O) groups is 1. The predicted molar refractivity (Wildman–Crippen MR) is 59.0 cm³/mol. The summed E-state index contributed by atoms with van der Waals surface area (Å²) in [7, 11) is 0. The third-order valence-electron chi connectivity index (χ3n) is 1.99. The van der Waals surface area contributed by atoms with E-state index in [0.717, 1.165) is 24.9 Å². The van der Waals surface area contributed by atoms with E-state index < -0.39 is 0 Å². The Morgan fingerprint density at radius 1 is 1.36 bits per heavy atom. The van der Waals surface area contributed by atoms with Gasteiger partial charge in [-0.25, -0.2) is 0 Å². The quantitative estimate of drug-likeness (QED) is 0.777. The SMILES string of the molecule is [CH2]CCCc1ccc(NC(C)=O)cc1. The van der Waals surface area contributed by atoms with Crippen molar-refractivity contribution in [2.75, 3.05) is 5.32 Å². The van der Waals surface area contributed by atoms with E-state index >= 15 is 0 Å². The summed E-state index contributed by atoms with van der Waals surface area (Å²) >= 11 is 0. The van der Waals surface area contributed by atoms with Crippen LogP contribution in [0.25, 0.3) is 0 Å². The molecule has 0 unspecified atom stereocenters. The highest BCUT2D eigenvalue weighted by atomic mass is 16.1. The van der Waals surface area contributed by atoms with Gasteiger partial charge in [0.2, 0.25) is 5.91 Å². The molecule has 0 fully saturated rings. The summed E-state index contributed by atoms with van der Waals surface area (Å²) < 4.78 is 0. The van der Waals surface area contributed by atoms with Gasteiger partial charge < -0.3 is 5.32 Å². The van der Waals surface area contributed by atoms with Crippen LogP contribution in [0.4, 0.5) is 5.69 Å². The monoisotopic (exact) mass is 190 g/mol. The van der Waals surface area contributed by atoms with Crippen LogP contribution in [-0.2, 0) is 11.2 Å². The van der Waals surface area contributed by atoms with Crippen LogP contribution >= 0.6 is 0 Å². The molecule has 0 bridgehead atoms. The molecular weight excluding hydrogens is 174 g/mol. The minimum atomic E-state index is -0.0319. The molecule has 1 amide bonds. The maximum atomic E-state index is 10.8. The summed E-state index contributed by atoms with van der Waals surface area (Å²) in [5, 5.41) is 2.74. The first-order valence-corrected chi connectivity index (χ1v) is 4.88. The highest BCUT2D eigenvalue weighted by molar-refractivity contribution is 5.88. The molecule has 0 aromatic heterocycles.